The summed E-state index contributed by atoms with van der Waals surface area (Å²) >= 11 is 0. The Bertz CT molecular complexity index is 731. The van der Waals surface area contributed by atoms with Gasteiger partial charge in [-0.2, -0.15) is 5.10 Å². The molecule has 0 aliphatic rings. The zero-order valence-electron chi connectivity index (χ0n) is 13.5. The molecule has 0 bridgehead atoms. The average Bonchev–Trinajstić information content (AvgIpc) is 2.96. The van der Waals surface area contributed by atoms with Crippen molar-refractivity contribution in [3.05, 3.63) is 30.1 Å². The fourth-order valence-electron chi connectivity index (χ4n) is 1.99. The zero-order valence-corrected chi connectivity index (χ0v) is 13.5. The van der Waals surface area contributed by atoms with E-state index in [1.54, 1.807) is 17.9 Å². The van der Waals surface area contributed by atoms with E-state index in [-0.39, 0.29) is 29.8 Å². The molecule has 2 aromatic rings. The van der Waals surface area contributed by atoms with E-state index in [0.29, 0.717) is 11.3 Å². The lowest BCUT2D eigenvalue weighted by atomic mass is 10.1. The number of ether oxygens (including phenoxy) is 3. The lowest BCUT2D eigenvalue weighted by molar-refractivity contribution is -0.120. The van der Waals surface area contributed by atoms with Crippen molar-refractivity contribution < 1.29 is 23.8 Å². The summed E-state index contributed by atoms with van der Waals surface area (Å²) < 4.78 is 17.3. The van der Waals surface area contributed by atoms with E-state index < -0.39 is 5.91 Å². The first-order chi connectivity index (χ1) is 11.4. The summed E-state index contributed by atoms with van der Waals surface area (Å²) in [7, 11) is 4.57. The van der Waals surface area contributed by atoms with Crippen LogP contribution in [0.1, 0.15) is 10.4 Å². The molecular formula is C15H18N4O5. The second-order valence-electron chi connectivity index (χ2n) is 4.82. The quantitative estimate of drug-likeness (QED) is 0.763. The van der Waals surface area contributed by atoms with E-state index in [2.05, 4.69) is 10.4 Å². The fraction of sp³-hybridized carbons (Fsp3) is 0.267. The number of benzene rings is 1. The van der Waals surface area contributed by atoms with Crippen LogP contribution in [0.15, 0.2) is 24.5 Å². The molecule has 0 unspecified atom stereocenters. The van der Waals surface area contributed by atoms with Crippen molar-refractivity contribution in [3.63, 3.8) is 0 Å². The van der Waals surface area contributed by atoms with E-state index in [1.807, 2.05) is 0 Å². The Morgan fingerprint density at radius 2 is 1.88 bits per heavy atom. The predicted octanol–water partition coefficient (Wildman–Crippen LogP) is 0.554. The van der Waals surface area contributed by atoms with Gasteiger partial charge in [0.1, 0.15) is 0 Å². The molecule has 0 saturated heterocycles. The Morgan fingerprint density at radius 3 is 2.33 bits per heavy atom. The molecule has 2 rings (SSSR count). The highest BCUT2D eigenvalue weighted by Gasteiger charge is 2.18. The highest BCUT2D eigenvalue weighted by Crippen LogP contribution is 2.38. The number of hydrogen-bond acceptors (Lipinski definition) is 6. The summed E-state index contributed by atoms with van der Waals surface area (Å²) in [5.74, 6) is -0.339. The molecule has 0 radical (unpaired) electrons. The monoisotopic (exact) mass is 334 g/mol. The Hall–Kier alpha value is -3.23. The largest absolute Gasteiger partial charge is 0.493 e. The van der Waals surface area contributed by atoms with Crippen LogP contribution in [0.3, 0.4) is 0 Å². The third-order valence-electron chi connectivity index (χ3n) is 3.04. The minimum Gasteiger partial charge on any atom is -0.493 e. The normalized spacial score (nSPS) is 10.1. The van der Waals surface area contributed by atoms with Crippen molar-refractivity contribution in [2.24, 2.45) is 12.8 Å². The van der Waals surface area contributed by atoms with Crippen LogP contribution >= 0.6 is 0 Å². The number of aryl methyl sites for hydroxylation is 1. The first-order valence-corrected chi connectivity index (χ1v) is 6.91. The van der Waals surface area contributed by atoms with E-state index in [0.717, 1.165) is 0 Å². The van der Waals surface area contributed by atoms with Gasteiger partial charge in [0.2, 0.25) is 5.75 Å². The Labute approximate surface area is 138 Å². The number of carbonyl (C=O) groups excluding carboxylic acids is 2. The van der Waals surface area contributed by atoms with Crippen LogP contribution in [0.4, 0.5) is 5.69 Å². The van der Waals surface area contributed by atoms with Gasteiger partial charge in [0, 0.05) is 18.8 Å². The number of amides is 2. The number of aromatic nitrogens is 2. The van der Waals surface area contributed by atoms with Crippen LogP contribution in [0.2, 0.25) is 0 Å². The highest BCUT2D eigenvalue weighted by atomic mass is 16.5. The molecule has 3 N–H and O–H groups in total. The Balaban J connectivity index is 2.30. The number of hydrogen-bond donors (Lipinski definition) is 2. The minimum absolute atomic E-state index is 0.191. The van der Waals surface area contributed by atoms with Crippen molar-refractivity contribution >= 4 is 17.5 Å². The second-order valence-corrected chi connectivity index (χ2v) is 4.82. The molecule has 128 valence electrons. The van der Waals surface area contributed by atoms with Gasteiger partial charge in [0.15, 0.2) is 18.1 Å². The molecular weight excluding hydrogens is 316 g/mol. The SMILES string of the molecule is COc1cc(C(=O)Nc2cnn(C)c2)cc(OC)c1OCC(N)=O. The number of methoxy groups -OCH3 is 2. The molecule has 24 heavy (non-hydrogen) atoms. The molecule has 0 aliphatic carbocycles. The van der Waals surface area contributed by atoms with Crippen molar-refractivity contribution in [1.82, 2.24) is 9.78 Å². The third kappa shape index (κ3) is 3.94. The van der Waals surface area contributed by atoms with Crippen LogP contribution in [0, 0.1) is 0 Å². The number of anilines is 1. The number of carbonyl (C=O) groups is 2. The number of nitrogens with two attached hydrogens (primary N) is 1. The maximum absolute atomic E-state index is 12.4. The molecule has 9 nitrogen and oxygen atoms in total. The average molecular weight is 334 g/mol. The highest BCUT2D eigenvalue weighted by molar-refractivity contribution is 6.05. The molecule has 0 fully saturated rings. The van der Waals surface area contributed by atoms with Crippen molar-refractivity contribution in [2.45, 2.75) is 0 Å². The summed E-state index contributed by atoms with van der Waals surface area (Å²) in [6.07, 6.45) is 3.19. The van der Waals surface area contributed by atoms with Gasteiger partial charge in [-0.25, -0.2) is 0 Å². The first-order valence-electron chi connectivity index (χ1n) is 6.91. The van der Waals surface area contributed by atoms with Gasteiger partial charge in [-0.3, -0.25) is 14.3 Å². The minimum atomic E-state index is -0.641. The van der Waals surface area contributed by atoms with Gasteiger partial charge in [0.25, 0.3) is 11.8 Å². The summed E-state index contributed by atoms with van der Waals surface area (Å²) in [6, 6.07) is 2.95. The lowest BCUT2D eigenvalue weighted by Crippen LogP contribution is -2.20. The third-order valence-corrected chi connectivity index (χ3v) is 3.04. The molecule has 9 heteroatoms. The molecule has 0 spiro atoms. The second kappa shape index (κ2) is 7.36. The van der Waals surface area contributed by atoms with Gasteiger partial charge < -0.3 is 25.3 Å². The van der Waals surface area contributed by atoms with Crippen LogP contribution in [-0.4, -0.2) is 42.4 Å². The number of nitrogens with zero attached hydrogens (tertiary/aromatic N) is 2. The van der Waals surface area contributed by atoms with Gasteiger partial charge in [-0.05, 0) is 12.1 Å². The maximum Gasteiger partial charge on any atom is 0.256 e. The van der Waals surface area contributed by atoms with Crippen molar-refractivity contribution in [2.75, 3.05) is 26.1 Å². The summed E-state index contributed by atoms with van der Waals surface area (Å²) in [5, 5.41) is 6.68. The summed E-state index contributed by atoms with van der Waals surface area (Å²) in [5.41, 5.74) is 5.91. The van der Waals surface area contributed by atoms with Crippen LogP contribution in [0.25, 0.3) is 0 Å². The van der Waals surface area contributed by atoms with E-state index >= 15 is 0 Å². The molecule has 1 aromatic carbocycles. The first kappa shape index (κ1) is 17.1. The van der Waals surface area contributed by atoms with Gasteiger partial charge in [0.05, 0.1) is 26.1 Å². The molecule has 0 atom stereocenters. The summed E-state index contributed by atoms with van der Waals surface area (Å²) in [6.45, 7) is -0.339. The number of rotatable bonds is 7. The van der Waals surface area contributed by atoms with Gasteiger partial charge in [-0.1, -0.05) is 0 Å². The molecule has 1 aromatic heterocycles. The van der Waals surface area contributed by atoms with E-state index in [1.165, 1.54) is 32.5 Å². The van der Waals surface area contributed by atoms with Gasteiger partial charge in [-0.15, -0.1) is 0 Å². The van der Waals surface area contributed by atoms with E-state index in [4.69, 9.17) is 19.9 Å². The number of nitrogens with one attached hydrogen (secondary N) is 1. The molecule has 2 amide bonds. The van der Waals surface area contributed by atoms with Crippen LogP contribution < -0.4 is 25.3 Å². The molecule has 1 heterocycles. The lowest BCUT2D eigenvalue weighted by Gasteiger charge is -2.15. The Morgan fingerprint density at radius 1 is 1.25 bits per heavy atom. The fourth-order valence-corrected chi connectivity index (χ4v) is 1.99. The zero-order chi connectivity index (χ0) is 17.7. The standard InChI is InChI=1S/C15H18N4O5/c1-19-7-10(6-17-19)18-15(21)9-4-11(22-2)14(12(5-9)23-3)24-8-13(16)20/h4-7H,8H2,1-3H3,(H2,16,20)(H,18,21). The summed E-state index contributed by atoms with van der Waals surface area (Å²) in [4.78, 5) is 23.3. The topological polar surface area (TPSA) is 118 Å². The van der Waals surface area contributed by atoms with Crippen LogP contribution in [0.5, 0.6) is 17.2 Å². The predicted molar refractivity (Wildman–Crippen MR) is 85.4 cm³/mol. The smallest absolute Gasteiger partial charge is 0.256 e. The maximum atomic E-state index is 12.4. The van der Waals surface area contributed by atoms with Crippen LogP contribution in [-0.2, 0) is 11.8 Å². The van der Waals surface area contributed by atoms with Crippen molar-refractivity contribution in [1.29, 1.82) is 0 Å². The molecule has 0 saturated carbocycles. The number of primary amides is 1. The van der Waals surface area contributed by atoms with E-state index in [9.17, 15) is 9.59 Å². The van der Waals surface area contributed by atoms with Gasteiger partial charge >= 0.3 is 0 Å². The van der Waals surface area contributed by atoms with Crippen molar-refractivity contribution in [3.8, 4) is 17.2 Å². The molecule has 0 aliphatic heterocycles. The Kier molecular flexibility index (Phi) is 5.25.